The van der Waals surface area contributed by atoms with Gasteiger partial charge in [0, 0.05) is 29.3 Å². The molecule has 1 aromatic carbocycles. The van der Waals surface area contributed by atoms with E-state index in [1.54, 1.807) is 34.7 Å². The van der Waals surface area contributed by atoms with Gasteiger partial charge < -0.3 is 24.7 Å². The molecule has 1 aliphatic rings. The Hall–Kier alpha value is -1.94. The van der Waals surface area contributed by atoms with E-state index in [1.807, 2.05) is 22.6 Å². The fourth-order valence-electron chi connectivity index (χ4n) is 3.42. The molecule has 27 heavy (non-hydrogen) atoms. The summed E-state index contributed by atoms with van der Waals surface area (Å²) < 4.78 is 16.8. The molecule has 0 aliphatic carbocycles. The van der Waals surface area contributed by atoms with Crippen molar-refractivity contribution < 1.29 is 19.1 Å². The first kappa shape index (κ1) is 19.8. The van der Waals surface area contributed by atoms with Crippen LogP contribution in [0.2, 0.25) is 0 Å². The first-order valence-corrected chi connectivity index (χ1v) is 9.80. The minimum absolute atomic E-state index is 0.0890. The molecule has 0 saturated carbocycles. The zero-order valence-electron chi connectivity index (χ0n) is 14.9. The number of aldehydes is 1. The van der Waals surface area contributed by atoms with Crippen molar-refractivity contribution in [3.8, 4) is 0 Å². The molecular formula is C19H21FIN3O3. The van der Waals surface area contributed by atoms with Crippen LogP contribution in [0, 0.1) is 9.39 Å². The van der Waals surface area contributed by atoms with Crippen molar-refractivity contribution in [3.05, 3.63) is 44.9 Å². The van der Waals surface area contributed by atoms with Gasteiger partial charge in [-0.1, -0.05) is 0 Å². The number of hydrogen-bond donors (Lipinski definition) is 2. The molecule has 1 fully saturated rings. The molecule has 144 valence electrons. The van der Waals surface area contributed by atoms with Gasteiger partial charge in [0.05, 0.1) is 23.9 Å². The molecule has 0 unspecified atom stereocenters. The molecule has 2 heterocycles. The third kappa shape index (κ3) is 4.01. The van der Waals surface area contributed by atoms with E-state index in [-0.39, 0.29) is 30.7 Å². The summed E-state index contributed by atoms with van der Waals surface area (Å²) in [5.74, 6) is -0.221. The van der Waals surface area contributed by atoms with Gasteiger partial charge in [-0.2, -0.15) is 0 Å². The van der Waals surface area contributed by atoms with Crippen LogP contribution in [0.5, 0.6) is 0 Å². The number of likely N-dealkylation sites (tertiary alicyclic amines) is 1. The Kier molecular flexibility index (Phi) is 6.15. The van der Waals surface area contributed by atoms with Crippen LogP contribution in [-0.4, -0.2) is 46.0 Å². The number of nitrogens with zero attached hydrogens (tertiary/aromatic N) is 2. The van der Waals surface area contributed by atoms with Crippen LogP contribution >= 0.6 is 22.6 Å². The van der Waals surface area contributed by atoms with Crippen LogP contribution in [-0.2, 0) is 18.3 Å². The summed E-state index contributed by atoms with van der Waals surface area (Å²) in [6.07, 6.45) is 2.51. The number of aliphatic hydroxyl groups excluding tert-OH is 1. The van der Waals surface area contributed by atoms with Crippen molar-refractivity contribution >= 4 is 46.3 Å². The summed E-state index contributed by atoms with van der Waals surface area (Å²) in [5, 5.41) is 12.5. The highest BCUT2D eigenvalue weighted by atomic mass is 127. The fourth-order valence-corrected chi connectivity index (χ4v) is 3.87. The molecule has 3 rings (SSSR count). The minimum atomic E-state index is -0.423. The second-order valence-corrected chi connectivity index (χ2v) is 7.80. The van der Waals surface area contributed by atoms with Crippen molar-refractivity contribution in [2.75, 3.05) is 18.5 Å². The lowest BCUT2D eigenvalue weighted by Gasteiger charge is -2.23. The van der Waals surface area contributed by atoms with E-state index in [2.05, 4.69) is 5.32 Å². The van der Waals surface area contributed by atoms with Gasteiger partial charge in [-0.25, -0.2) is 4.39 Å². The van der Waals surface area contributed by atoms with Gasteiger partial charge in [0.1, 0.15) is 17.9 Å². The first-order chi connectivity index (χ1) is 13.0. The van der Waals surface area contributed by atoms with Gasteiger partial charge in [-0.05, 0) is 59.7 Å². The molecule has 1 amide bonds. The van der Waals surface area contributed by atoms with E-state index in [4.69, 9.17) is 0 Å². The maximum Gasteiger partial charge on any atom is 0.257 e. The number of anilines is 2. The summed E-state index contributed by atoms with van der Waals surface area (Å²) in [5.41, 5.74) is 1.28. The van der Waals surface area contributed by atoms with Crippen LogP contribution in [0.25, 0.3) is 0 Å². The molecule has 0 radical (unpaired) electrons. The van der Waals surface area contributed by atoms with Gasteiger partial charge in [0.25, 0.3) is 5.91 Å². The topological polar surface area (TPSA) is 74.6 Å². The van der Waals surface area contributed by atoms with E-state index >= 15 is 0 Å². The zero-order valence-corrected chi connectivity index (χ0v) is 17.1. The molecule has 0 bridgehead atoms. The molecule has 2 N–H and O–H groups in total. The van der Waals surface area contributed by atoms with Crippen molar-refractivity contribution in [1.82, 2.24) is 9.47 Å². The molecule has 8 heteroatoms. The minimum Gasteiger partial charge on any atom is -0.394 e. The number of rotatable bonds is 6. The van der Waals surface area contributed by atoms with Gasteiger partial charge >= 0.3 is 0 Å². The number of aliphatic hydroxyl groups is 1. The number of halogens is 2. The predicted octanol–water partition coefficient (Wildman–Crippen LogP) is 2.85. The maximum absolute atomic E-state index is 14.3. The average Bonchev–Trinajstić information content (AvgIpc) is 3.23. The van der Waals surface area contributed by atoms with E-state index in [1.165, 1.54) is 6.07 Å². The lowest BCUT2D eigenvalue weighted by Crippen LogP contribution is -2.37. The van der Waals surface area contributed by atoms with Crippen molar-refractivity contribution in [2.24, 2.45) is 7.05 Å². The lowest BCUT2D eigenvalue weighted by atomic mass is 10.2. The van der Waals surface area contributed by atoms with Crippen LogP contribution in [0.15, 0.2) is 24.3 Å². The number of carbonyl (C=O) groups is 2. The number of carbonyl (C=O) groups excluding carboxylic acids is 2. The highest BCUT2D eigenvalue weighted by Crippen LogP contribution is 2.30. The van der Waals surface area contributed by atoms with Gasteiger partial charge in [-0.15, -0.1) is 0 Å². The Morgan fingerprint density at radius 3 is 2.89 bits per heavy atom. The zero-order chi connectivity index (χ0) is 19.6. The largest absolute Gasteiger partial charge is 0.394 e. The van der Waals surface area contributed by atoms with Crippen LogP contribution < -0.4 is 5.32 Å². The Balaban J connectivity index is 2.01. The van der Waals surface area contributed by atoms with Gasteiger partial charge in [0.2, 0.25) is 0 Å². The van der Waals surface area contributed by atoms with Crippen LogP contribution in [0.1, 0.15) is 28.9 Å². The summed E-state index contributed by atoms with van der Waals surface area (Å²) in [6.45, 7) is 0.480. The van der Waals surface area contributed by atoms with E-state index < -0.39 is 5.82 Å². The second-order valence-electron chi connectivity index (χ2n) is 6.55. The second kappa shape index (κ2) is 8.39. The number of aromatic nitrogens is 1. The third-order valence-corrected chi connectivity index (χ3v) is 5.56. The Labute approximate surface area is 170 Å². The van der Waals surface area contributed by atoms with Gasteiger partial charge in [0.15, 0.2) is 0 Å². The number of hydrogen-bond acceptors (Lipinski definition) is 4. The third-order valence-electron chi connectivity index (χ3n) is 4.89. The Bertz CT molecular complexity index is 868. The maximum atomic E-state index is 14.3. The molecule has 2 aromatic rings. The summed E-state index contributed by atoms with van der Waals surface area (Å²) in [4.78, 5) is 25.8. The molecule has 1 saturated heterocycles. The molecule has 1 aliphatic heterocycles. The Morgan fingerprint density at radius 2 is 2.22 bits per heavy atom. The van der Waals surface area contributed by atoms with Crippen LogP contribution in [0.3, 0.4) is 0 Å². The van der Waals surface area contributed by atoms with Crippen LogP contribution in [0.4, 0.5) is 15.9 Å². The molecule has 6 nitrogen and oxygen atoms in total. The monoisotopic (exact) mass is 485 g/mol. The quantitative estimate of drug-likeness (QED) is 0.488. The molecule has 1 atom stereocenters. The average molecular weight is 485 g/mol. The first-order valence-electron chi connectivity index (χ1n) is 8.72. The summed E-state index contributed by atoms with van der Waals surface area (Å²) in [6, 6.07) is 6.24. The standard InChI is InChI=1S/C19H21FIN3O3/c1-23-13(6-8-25)10-15(19(27)24-7-2-3-14(24)11-26)18(23)22-17-5-4-12(21)9-16(17)20/h4-5,8-10,14,22,26H,2-3,6-7,11H2,1H3/t14-/m0/s1. The predicted molar refractivity (Wildman–Crippen MR) is 109 cm³/mol. The number of nitrogens with one attached hydrogen (secondary N) is 1. The Morgan fingerprint density at radius 1 is 1.44 bits per heavy atom. The summed E-state index contributed by atoms with van der Waals surface area (Å²) >= 11 is 2.03. The van der Waals surface area contributed by atoms with E-state index in [0.717, 1.165) is 22.7 Å². The fraction of sp³-hybridized carbons (Fsp3) is 0.368. The number of benzene rings is 1. The normalized spacial score (nSPS) is 16.6. The molecular weight excluding hydrogens is 464 g/mol. The van der Waals surface area contributed by atoms with E-state index in [0.29, 0.717) is 23.6 Å². The van der Waals surface area contributed by atoms with E-state index in [9.17, 15) is 19.1 Å². The lowest BCUT2D eigenvalue weighted by molar-refractivity contribution is -0.107. The highest BCUT2D eigenvalue weighted by molar-refractivity contribution is 14.1. The SMILES string of the molecule is Cn1c(CC=O)cc(C(=O)N2CCC[C@H]2CO)c1Nc1ccc(I)cc1F. The summed E-state index contributed by atoms with van der Waals surface area (Å²) in [7, 11) is 1.73. The molecule has 0 spiro atoms. The number of amides is 1. The molecule has 1 aromatic heterocycles. The van der Waals surface area contributed by atoms with Crippen molar-refractivity contribution in [2.45, 2.75) is 25.3 Å². The van der Waals surface area contributed by atoms with Crippen molar-refractivity contribution in [3.63, 3.8) is 0 Å². The smallest absolute Gasteiger partial charge is 0.257 e. The van der Waals surface area contributed by atoms with Crippen molar-refractivity contribution in [1.29, 1.82) is 0 Å². The highest BCUT2D eigenvalue weighted by Gasteiger charge is 2.31. The van der Waals surface area contributed by atoms with Gasteiger partial charge in [-0.3, -0.25) is 4.79 Å².